The fourth-order valence-electron chi connectivity index (χ4n) is 4.37. The zero-order valence-electron chi connectivity index (χ0n) is 18.8. The molecule has 0 aliphatic heterocycles. The minimum Gasteiger partial charge on any atom is -0.478 e. The van der Waals surface area contributed by atoms with Gasteiger partial charge in [-0.2, -0.15) is 13.2 Å². The van der Waals surface area contributed by atoms with Gasteiger partial charge >= 0.3 is 12.1 Å². The predicted molar refractivity (Wildman–Crippen MR) is 128 cm³/mol. The molecule has 0 radical (unpaired) electrons. The fraction of sp³-hybridized carbons (Fsp3) is 0.250. The van der Waals surface area contributed by atoms with Gasteiger partial charge in [0.25, 0.3) is 0 Å². The summed E-state index contributed by atoms with van der Waals surface area (Å²) in [6.45, 7) is 2.16. The Hall–Kier alpha value is -3.54. The molecule has 0 spiro atoms. The smallest absolute Gasteiger partial charge is 0.416 e. The van der Waals surface area contributed by atoms with Gasteiger partial charge in [-0.25, -0.2) is 4.79 Å². The SMILES string of the molecule is CCCCCC(c1ccc(C(=O)O)cc1)n1ccc2cc(-c3ccc(C(F)(F)F)cc3)ccc21. The number of aromatic nitrogens is 1. The van der Waals surface area contributed by atoms with Crippen molar-refractivity contribution in [2.24, 2.45) is 0 Å². The zero-order chi connectivity index (χ0) is 24.3. The van der Waals surface area contributed by atoms with E-state index in [1.54, 1.807) is 12.1 Å². The molecule has 0 aliphatic rings. The summed E-state index contributed by atoms with van der Waals surface area (Å²) in [7, 11) is 0. The third kappa shape index (κ3) is 5.01. The molecule has 6 heteroatoms. The van der Waals surface area contributed by atoms with E-state index in [-0.39, 0.29) is 11.6 Å². The molecule has 0 amide bonds. The van der Waals surface area contributed by atoms with Gasteiger partial charge in [-0.05, 0) is 65.6 Å². The Labute approximate surface area is 196 Å². The number of rotatable bonds is 8. The van der Waals surface area contributed by atoms with Crippen LogP contribution in [0.15, 0.2) is 79.0 Å². The van der Waals surface area contributed by atoms with Crippen molar-refractivity contribution in [1.29, 1.82) is 0 Å². The molecule has 0 fully saturated rings. The molecule has 4 aromatic rings. The summed E-state index contributed by atoms with van der Waals surface area (Å²) in [5, 5.41) is 10.2. The number of carboxylic acids is 1. The van der Waals surface area contributed by atoms with Gasteiger partial charge in [-0.1, -0.05) is 56.5 Å². The van der Waals surface area contributed by atoms with Gasteiger partial charge in [0.1, 0.15) is 0 Å². The molecule has 1 heterocycles. The van der Waals surface area contributed by atoms with E-state index in [1.165, 1.54) is 12.1 Å². The molecule has 1 aromatic heterocycles. The molecule has 1 N–H and O–H groups in total. The second kappa shape index (κ2) is 9.75. The van der Waals surface area contributed by atoms with Crippen molar-refractivity contribution in [1.82, 2.24) is 4.57 Å². The van der Waals surface area contributed by atoms with Crippen molar-refractivity contribution in [3.63, 3.8) is 0 Å². The van der Waals surface area contributed by atoms with E-state index in [0.717, 1.165) is 65.4 Å². The van der Waals surface area contributed by atoms with Crippen LogP contribution in [0.5, 0.6) is 0 Å². The molecule has 0 saturated heterocycles. The monoisotopic (exact) mass is 465 g/mol. The third-order valence-corrected chi connectivity index (χ3v) is 6.23. The molecule has 34 heavy (non-hydrogen) atoms. The summed E-state index contributed by atoms with van der Waals surface area (Å²) in [6, 6.07) is 20.2. The highest BCUT2D eigenvalue weighted by atomic mass is 19.4. The second-order valence-electron chi connectivity index (χ2n) is 8.51. The molecular weight excluding hydrogens is 439 g/mol. The molecule has 0 aliphatic carbocycles. The number of hydrogen-bond acceptors (Lipinski definition) is 1. The summed E-state index contributed by atoms with van der Waals surface area (Å²) in [6.07, 6.45) is 1.86. The first-order valence-corrected chi connectivity index (χ1v) is 11.4. The van der Waals surface area contributed by atoms with E-state index in [4.69, 9.17) is 0 Å². The first-order valence-electron chi connectivity index (χ1n) is 11.4. The van der Waals surface area contributed by atoms with Gasteiger partial charge in [0, 0.05) is 17.1 Å². The van der Waals surface area contributed by atoms with Crippen molar-refractivity contribution in [3.05, 3.63) is 95.7 Å². The van der Waals surface area contributed by atoms with Gasteiger partial charge in [0.15, 0.2) is 0 Å². The molecule has 1 unspecified atom stereocenters. The molecule has 3 nitrogen and oxygen atoms in total. The number of carboxylic acid groups (broad SMARTS) is 1. The Kier molecular flexibility index (Phi) is 6.77. The molecule has 4 rings (SSSR count). The van der Waals surface area contributed by atoms with Crippen LogP contribution in [-0.2, 0) is 6.18 Å². The van der Waals surface area contributed by atoms with Crippen LogP contribution in [-0.4, -0.2) is 15.6 Å². The quantitative estimate of drug-likeness (QED) is 0.267. The van der Waals surface area contributed by atoms with Crippen LogP contribution in [0.1, 0.15) is 60.1 Å². The van der Waals surface area contributed by atoms with Crippen LogP contribution in [0.25, 0.3) is 22.0 Å². The van der Waals surface area contributed by atoms with E-state index in [2.05, 4.69) is 11.5 Å². The summed E-state index contributed by atoms with van der Waals surface area (Å²) < 4.78 is 40.9. The van der Waals surface area contributed by atoms with Crippen LogP contribution < -0.4 is 0 Å². The number of halogens is 3. The molecular formula is C28H26F3NO2. The van der Waals surface area contributed by atoms with E-state index >= 15 is 0 Å². The Bertz CT molecular complexity index is 1270. The zero-order valence-corrected chi connectivity index (χ0v) is 18.8. The maximum absolute atomic E-state index is 12.9. The van der Waals surface area contributed by atoms with Crippen molar-refractivity contribution < 1.29 is 23.1 Å². The van der Waals surface area contributed by atoms with E-state index in [9.17, 15) is 23.1 Å². The van der Waals surface area contributed by atoms with Crippen molar-refractivity contribution in [2.75, 3.05) is 0 Å². The Morgan fingerprint density at radius 2 is 1.59 bits per heavy atom. The van der Waals surface area contributed by atoms with Crippen LogP contribution in [0.4, 0.5) is 13.2 Å². The lowest BCUT2D eigenvalue weighted by atomic mass is 9.98. The third-order valence-electron chi connectivity index (χ3n) is 6.23. The average Bonchev–Trinajstić information content (AvgIpc) is 3.24. The molecule has 1 atom stereocenters. The van der Waals surface area contributed by atoms with Crippen LogP contribution >= 0.6 is 0 Å². The molecule has 0 saturated carbocycles. The Morgan fingerprint density at radius 1 is 0.912 bits per heavy atom. The predicted octanol–water partition coefficient (Wildman–Crippen LogP) is 8.20. The van der Waals surface area contributed by atoms with Gasteiger partial charge in [-0.15, -0.1) is 0 Å². The number of unbranched alkanes of at least 4 members (excludes halogenated alkanes) is 2. The standard InChI is InChI=1S/C28H26F3NO2/c1-2-3-4-5-25(20-6-8-21(9-7-20)27(33)34)32-17-16-23-18-22(12-15-26(23)32)19-10-13-24(14-11-19)28(29,30)31/h6-18,25H,2-5H2,1H3,(H,33,34). The number of benzene rings is 3. The minimum absolute atomic E-state index is 0.0591. The second-order valence-corrected chi connectivity index (χ2v) is 8.51. The molecule has 3 aromatic carbocycles. The fourth-order valence-corrected chi connectivity index (χ4v) is 4.37. The lowest BCUT2D eigenvalue weighted by Crippen LogP contribution is -2.10. The van der Waals surface area contributed by atoms with Gasteiger partial charge in [-0.3, -0.25) is 0 Å². The Morgan fingerprint density at radius 3 is 2.21 bits per heavy atom. The normalized spacial score (nSPS) is 12.7. The number of alkyl halides is 3. The first kappa shape index (κ1) is 23.6. The summed E-state index contributed by atoms with van der Waals surface area (Å²) >= 11 is 0. The van der Waals surface area contributed by atoms with Crippen molar-refractivity contribution in [2.45, 2.75) is 44.8 Å². The van der Waals surface area contributed by atoms with E-state index < -0.39 is 17.7 Å². The topological polar surface area (TPSA) is 42.2 Å². The highest BCUT2D eigenvalue weighted by Gasteiger charge is 2.30. The number of carbonyl (C=O) groups is 1. The van der Waals surface area contributed by atoms with Crippen molar-refractivity contribution >= 4 is 16.9 Å². The maximum atomic E-state index is 12.9. The minimum atomic E-state index is -4.35. The van der Waals surface area contributed by atoms with E-state index in [0.29, 0.717) is 0 Å². The highest BCUT2D eigenvalue weighted by molar-refractivity contribution is 5.88. The first-order chi connectivity index (χ1) is 16.3. The van der Waals surface area contributed by atoms with Crippen molar-refractivity contribution in [3.8, 4) is 11.1 Å². The highest BCUT2D eigenvalue weighted by Crippen LogP contribution is 2.34. The summed E-state index contributed by atoms with van der Waals surface area (Å²) in [5.41, 5.74) is 3.26. The maximum Gasteiger partial charge on any atom is 0.416 e. The van der Waals surface area contributed by atoms with Gasteiger partial charge in [0.05, 0.1) is 17.2 Å². The Balaban J connectivity index is 1.68. The lowest BCUT2D eigenvalue weighted by Gasteiger charge is -2.21. The largest absolute Gasteiger partial charge is 0.478 e. The number of fused-ring (bicyclic) bond motifs is 1. The molecule has 0 bridgehead atoms. The van der Waals surface area contributed by atoms with Crippen LogP contribution in [0, 0.1) is 0 Å². The summed E-state index contributed by atoms with van der Waals surface area (Å²) in [4.78, 5) is 11.3. The van der Waals surface area contributed by atoms with E-state index in [1.807, 2.05) is 42.6 Å². The molecule has 176 valence electrons. The number of nitrogens with zero attached hydrogens (tertiary/aromatic N) is 1. The summed E-state index contributed by atoms with van der Waals surface area (Å²) in [5.74, 6) is -0.948. The average molecular weight is 466 g/mol. The number of hydrogen-bond donors (Lipinski definition) is 1. The van der Waals surface area contributed by atoms with Gasteiger partial charge in [0.2, 0.25) is 0 Å². The number of aromatic carboxylic acids is 1. The lowest BCUT2D eigenvalue weighted by molar-refractivity contribution is -0.137. The van der Waals surface area contributed by atoms with Crippen LogP contribution in [0.2, 0.25) is 0 Å². The van der Waals surface area contributed by atoms with Crippen LogP contribution in [0.3, 0.4) is 0 Å². The van der Waals surface area contributed by atoms with Gasteiger partial charge < -0.3 is 9.67 Å².